The van der Waals surface area contributed by atoms with Gasteiger partial charge >= 0.3 is 0 Å². The van der Waals surface area contributed by atoms with Crippen molar-refractivity contribution in [1.82, 2.24) is 0 Å². The molecule has 0 bridgehead atoms. The molecular weight excluding hydrogens is 489 g/mol. The van der Waals surface area contributed by atoms with Gasteiger partial charge in [-0.05, 0) is 48.2 Å². The summed E-state index contributed by atoms with van der Waals surface area (Å²) in [6, 6.07) is 37.9. The van der Waals surface area contributed by atoms with Crippen LogP contribution in [0.25, 0.3) is 33.6 Å². The first kappa shape index (κ1) is 21.8. The SMILES string of the molecule is [I-].c1ccc(-c2cc(-c3ccccc3)[n+](C3CCCCC3)c(-c3ccccc3)c2)cc1. The Labute approximate surface area is 202 Å². The maximum Gasteiger partial charge on any atom is 0.213 e. The fourth-order valence-electron chi connectivity index (χ4n) is 4.80. The lowest BCUT2D eigenvalue weighted by Gasteiger charge is -2.22. The van der Waals surface area contributed by atoms with Gasteiger partial charge in [-0.15, -0.1) is 0 Å². The lowest BCUT2D eigenvalue weighted by molar-refractivity contribution is -0.705. The lowest BCUT2D eigenvalue weighted by Crippen LogP contribution is -3.00. The third kappa shape index (κ3) is 4.74. The van der Waals surface area contributed by atoms with Gasteiger partial charge in [0.15, 0.2) is 6.04 Å². The van der Waals surface area contributed by atoms with E-state index in [0.29, 0.717) is 6.04 Å². The van der Waals surface area contributed by atoms with Crippen LogP contribution < -0.4 is 28.5 Å². The average molecular weight is 517 g/mol. The molecule has 0 radical (unpaired) electrons. The van der Waals surface area contributed by atoms with Gasteiger partial charge < -0.3 is 24.0 Å². The monoisotopic (exact) mass is 517 g/mol. The Morgan fingerprint density at radius 3 is 1.35 bits per heavy atom. The molecule has 2 heteroatoms. The number of pyridine rings is 1. The second-order valence-corrected chi connectivity index (χ2v) is 8.27. The molecule has 3 aromatic carbocycles. The van der Waals surface area contributed by atoms with Gasteiger partial charge in [-0.25, -0.2) is 0 Å². The Hall–Kier alpha value is -2.46. The van der Waals surface area contributed by atoms with Crippen LogP contribution in [0.15, 0.2) is 103 Å². The molecule has 0 spiro atoms. The first-order valence-corrected chi connectivity index (χ1v) is 11.2. The predicted octanol–water partition coefficient (Wildman–Crippen LogP) is 4.48. The Balaban J connectivity index is 0.00000231. The van der Waals surface area contributed by atoms with Gasteiger partial charge in [0.1, 0.15) is 0 Å². The number of hydrogen-bond acceptors (Lipinski definition) is 0. The van der Waals surface area contributed by atoms with Crippen LogP contribution in [0.2, 0.25) is 0 Å². The van der Waals surface area contributed by atoms with Crippen molar-refractivity contribution >= 4 is 0 Å². The zero-order valence-corrected chi connectivity index (χ0v) is 19.9. The fourth-order valence-corrected chi connectivity index (χ4v) is 4.80. The molecule has 31 heavy (non-hydrogen) atoms. The Morgan fingerprint density at radius 1 is 0.484 bits per heavy atom. The topological polar surface area (TPSA) is 3.88 Å². The molecule has 1 aliphatic carbocycles. The molecule has 1 nitrogen and oxygen atoms in total. The van der Waals surface area contributed by atoms with Gasteiger partial charge in [0.2, 0.25) is 11.4 Å². The first-order valence-electron chi connectivity index (χ1n) is 11.2. The van der Waals surface area contributed by atoms with Crippen molar-refractivity contribution < 1.29 is 28.5 Å². The molecule has 0 amide bonds. The highest BCUT2D eigenvalue weighted by molar-refractivity contribution is 5.73. The number of rotatable bonds is 4. The zero-order valence-electron chi connectivity index (χ0n) is 17.8. The van der Waals surface area contributed by atoms with Gasteiger partial charge in [-0.2, -0.15) is 4.57 Å². The Morgan fingerprint density at radius 2 is 0.903 bits per heavy atom. The minimum absolute atomic E-state index is 0. The standard InChI is InChI=1S/C29H28N.HI/c1-5-13-23(14-6-1)26-21-28(24-15-7-2-8-16-24)30(27-19-11-4-12-20-27)29(22-26)25-17-9-3-10-18-25;/h1-3,5-10,13-18,21-22,27H,4,11-12,19-20H2;1H/q+1;/p-1. The van der Waals surface area contributed by atoms with Crippen LogP contribution in [-0.4, -0.2) is 0 Å². The van der Waals surface area contributed by atoms with E-state index in [4.69, 9.17) is 0 Å². The number of nitrogens with zero attached hydrogens (tertiary/aromatic N) is 1. The molecule has 5 rings (SSSR count). The van der Waals surface area contributed by atoms with Gasteiger partial charge in [0.25, 0.3) is 0 Å². The predicted molar refractivity (Wildman–Crippen MR) is 125 cm³/mol. The molecule has 1 saturated carbocycles. The summed E-state index contributed by atoms with van der Waals surface area (Å²) in [5.74, 6) is 0. The second-order valence-electron chi connectivity index (χ2n) is 8.27. The summed E-state index contributed by atoms with van der Waals surface area (Å²) < 4.78 is 2.64. The largest absolute Gasteiger partial charge is 1.00 e. The lowest BCUT2D eigenvalue weighted by atomic mass is 9.92. The molecule has 0 aliphatic heterocycles. The summed E-state index contributed by atoms with van der Waals surface area (Å²) in [4.78, 5) is 0. The molecule has 0 saturated heterocycles. The highest BCUT2D eigenvalue weighted by Crippen LogP contribution is 2.33. The Bertz CT molecular complexity index is 1040. The maximum atomic E-state index is 2.64. The zero-order chi connectivity index (χ0) is 20.2. The summed E-state index contributed by atoms with van der Waals surface area (Å²) in [6.07, 6.45) is 6.52. The summed E-state index contributed by atoms with van der Waals surface area (Å²) in [5, 5.41) is 0. The third-order valence-corrected chi connectivity index (χ3v) is 6.29. The second kappa shape index (κ2) is 10.2. The van der Waals surface area contributed by atoms with Crippen molar-refractivity contribution in [2.75, 3.05) is 0 Å². The summed E-state index contributed by atoms with van der Waals surface area (Å²) >= 11 is 0. The number of benzene rings is 3. The molecule has 156 valence electrons. The normalized spacial score (nSPS) is 14.1. The number of halogens is 1. The fraction of sp³-hybridized carbons (Fsp3) is 0.207. The average Bonchev–Trinajstić information content (AvgIpc) is 2.85. The van der Waals surface area contributed by atoms with Crippen LogP contribution in [0.4, 0.5) is 0 Å². The van der Waals surface area contributed by atoms with Gasteiger partial charge in [-0.1, -0.05) is 73.2 Å². The highest BCUT2D eigenvalue weighted by Gasteiger charge is 2.30. The van der Waals surface area contributed by atoms with E-state index < -0.39 is 0 Å². The molecule has 0 unspecified atom stereocenters. The van der Waals surface area contributed by atoms with Crippen LogP contribution in [-0.2, 0) is 0 Å². The van der Waals surface area contributed by atoms with Crippen LogP contribution in [0, 0.1) is 0 Å². The van der Waals surface area contributed by atoms with E-state index in [1.807, 2.05) is 0 Å². The number of hydrogen-bond donors (Lipinski definition) is 0. The molecule has 1 fully saturated rings. The van der Waals surface area contributed by atoms with Crippen molar-refractivity contribution in [3.8, 4) is 33.6 Å². The molecule has 1 aliphatic rings. The van der Waals surface area contributed by atoms with Crippen molar-refractivity contribution in [2.24, 2.45) is 0 Å². The first-order chi connectivity index (χ1) is 14.9. The molecule has 0 atom stereocenters. The van der Waals surface area contributed by atoms with Gasteiger partial charge in [0, 0.05) is 36.1 Å². The minimum Gasteiger partial charge on any atom is -1.00 e. The van der Waals surface area contributed by atoms with Crippen LogP contribution in [0.1, 0.15) is 38.1 Å². The molecule has 1 aromatic heterocycles. The maximum absolute atomic E-state index is 2.64. The summed E-state index contributed by atoms with van der Waals surface area (Å²) in [5.41, 5.74) is 7.77. The molecule has 0 N–H and O–H groups in total. The third-order valence-electron chi connectivity index (χ3n) is 6.29. The Kier molecular flexibility index (Phi) is 7.18. The van der Waals surface area contributed by atoms with Crippen LogP contribution >= 0.6 is 0 Å². The molecule has 4 aromatic rings. The smallest absolute Gasteiger partial charge is 0.213 e. The van der Waals surface area contributed by atoms with Crippen molar-refractivity contribution in [3.63, 3.8) is 0 Å². The van der Waals surface area contributed by atoms with Crippen molar-refractivity contribution in [1.29, 1.82) is 0 Å². The molecular formula is C29H28IN. The van der Waals surface area contributed by atoms with Gasteiger partial charge in [-0.3, -0.25) is 0 Å². The van der Waals surface area contributed by atoms with Crippen molar-refractivity contribution in [2.45, 2.75) is 38.1 Å². The van der Waals surface area contributed by atoms with E-state index >= 15 is 0 Å². The van der Waals surface area contributed by atoms with E-state index in [0.717, 1.165) is 0 Å². The van der Waals surface area contributed by atoms with Gasteiger partial charge in [0.05, 0.1) is 0 Å². The summed E-state index contributed by atoms with van der Waals surface area (Å²) in [6.45, 7) is 0. The van der Waals surface area contributed by atoms with Crippen LogP contribution in [0.3, 0.4) is 0 Å². The summed E-state index contributed by atoms with van der Waals surface area (Å²) in [7, 11) is 0. The molecule has 1 heterocycles. The van der Waals surface area contributed by atoms with E-state index in [1.54, 1.807) is 0 Å². The van der Waals surface area contributed by atoms with Crippen molar-refractivity contribution in [3.05, 3.63) is 103 Å². The minimum atomic E-state index is 0. The van der Waals surface area contributed by atoms with E-state index in [-0.39, 0.29) is 24.0 Å². The van der Waals surface area contributed by atoms with E-state index in [1.165, 1.54) is 65.7 Å². The van der Waals surface area contributed by atoms with Crippen LogP contribution in [0.5, 0.6) is 0 Å². The number of aromatic nitrogens is 1. The quantitative estimate of drug-likeness (QED) is 0.278. The highest BCUT2D eigenvalue weighted by atomic mass is 127. The van der Waals surface area contributed by atoms with E-state index in [2.05, 4.69) is 108 Å². The van der Waals surface area contributed by atoms with E-state index in [9.17, 15) is 0 Å².